The second-order valence-corrected chi connectivity index (χ2v) is 5.49. The molecule has 2 aromatic heterocycles. The summed E-state index contributed by atoms with van der Waals surface area (Å²) in [7, 11) is 0. The van der Waals surface area contributed by atoms with Crippen molar-refractivity contribution in [3.8, 4) is 11.4 Å². The molecule has 2 rings (SSSR count). The minimum atomic E-state index is -0.826. The van der Waals surface area contributed by atoms with E-state index in [9.17, 15) is 9.90 Å². The predicted octanol–water partition coefficient (Wildman–Crippen LogP) is 1.79. The van der Waals surface area contributed by atoms with Crippen LogP contribution in [-0.2, 0) is 11.3 Å². The molecule has 0 radical (unpaired) electrons. The number of aliphatic carboxylic acids is 1. The maximum Gasteiger partial charge on any atom is 0.308 e. The Balaban J connectivity index is 2.28. The van der Waals surface area contributed by atoms with Gasteiger partial charge >= 0.3 is 5.97 Å². The number of pyridine rings is 1. The van der Waals surface area contributed by atoms with Crippen LogP contribution in [0.3, 0.4) is 0 Å². The van der Waals surface area contributed by atoms with Gasteiger partial charge in [-0.25, -0.2) is 4.68 Å². The van der Waals surface area contributed by atoms with Gasteiger partial charge in [0.05, 0.1) is 12.5 Å². The number of carboxylic acid groups (broad SMARTS) is 1. The number of aryl methyl sites for hydroxylation is 1. The van der Waals surface area contributed by atoms with Gasteiger partial charge in [0, 0.05) is 17.5 Å². The lowest BCUT2D eigenvalue weighted by atomic mass is 9.97. The molecular weight excluding hydrogens is 270 g/mol. The van der Waals surface area contributed by atoms with Crippen molar-refractivity contribution in [1.29, 1.82) is 0 Å². The summed E-state index contributed by atoms with van der Waals surface area (Å²) in [6, 6.07) is 3.69. The van der Waals surface area contributed by atoms with E-state index in [1.807, 2.05) is 32.9 Å². The lowest BCUT2D eigenvalue weighted by Crippen LogP contribution is -2.23. The van der Waals surface area contributed by atoms with Crippen molar-refractivity contribution >= 4 is 5.97 Å². The van der Waals surface area contributed by atoms with Gasteiger partial charge in [0.1, 0.15) is 0 Å². The van der Waals surface area contributed by atoms with E-state index in [4.69, 9.17) is 0 Å². The van der Waals surface area contributed by atoms with E-state index in [0.717, 1.165) is 11.3 Å². The monoisotopic (exact) mass is 289 g/mol. The number of carboxylic acids is 1. The Morgan fingerprint density at radius 3 is 2.81 bits per heavy atom. The molecule has 1 atom stereocenters. The number of rotatable bonds is 6. The Kier molecular flexibility index (Phi) is 4.62. The zero-order valence-electron chi connectivity index (χ0n) is 12.4. The van der Waals surface area contributed by atoms with Crippen molar-refractivity contribution in [3.05, 3.63) is 24.0 Å². The third kappa shape index (κ3) is 3.62. The first kappa shape index (κ1) is 15.1. The summed E-state index contributed by atoms with van der Waals surface area (Å²) < 4.78 is 1.55. The van der Waals surface area contributed by atoms with Crippen LogP contribution in [0.25, 0.3) is 11.4 Å². The number of nitrogens with zero attached hydrogens (tertiary/aromatic N) is 5. The zero-order chi connectivity index (χ0) is 15.4. The van der Waals surface area contributed by atoms with Gasteiger partial charge in [-0.3, -0.25) is 9.78 Å². The van der Waals surface area contributed by atoms with Crippen LogP contribution >= 0.6 is 0 Å². The fraction of sp³-hybridized carbons (Fsp3) is 0.500. The summed E-state index contributed by atoms with van der Waals surface area (Å²) in [5.41, 5.74) is 1.63. The number of hydrogen-bond acceptors (Lipinski definition) is 5. The smallest absolute Gasteiger partial charge is 0.308 e. The van der Waals surface area contributed by atoms with Crippen molar-refractivity contribution in [2.24, 2.45) is 11.8 Å². The number of hydrogen-bond donors (Lipinski definition) is 1. The minimum Gasteiger partial charge on any atom is -0.481 e. The van der Waals surface area contributed by atoms with Crippen molar-refractivity contribution < 1.29 is 9.90 Å². The molecule has 2 heterocycles. The molecule has 2 aromatic rings. The summed E-state index contributed by atoms with van der Waals surface area (Å²) in [5, 5.41) is 21.0. The molecule has 0 aromatic carbocycles. The molecule has 0 amide bonds. The van der Waals surface area contributed by atoms with Crippen molar-refractivity contribution in [1.82, 2.24) is 25.2 Å². The first-order chi connectivity index (χ1) is 9.99. The highest BCUT2D eigenvalue weighted by Gasteiger charge is 2.22. The van der Waals surface area contributed by atoms with Crippen LogP contribution in [0.5, 0.6) is 0 Å². The molecule has 7 nitrogen and oxygen atoms in total. The van der Waals surface area contributed by atoms with Crippen LogP contribution in [-0.4, -0.2) is 36.3 Å². The van der Waals surface area contributed by atoms with Crippen LogP contribution < -0.4 is 0 Å². The topological polar surface area (TPSA) is 93.8 Å². The summed E-state index contributed by atoms with van der Waals surface area (Å²) >= 11 is 0. The molecule has 1 N–H and O–H groups in total. The average molecular weight is 289 g/mol. The first-order valence-electron chi connectivity index (χ1n) is 6.90. The SMILES string of the molecule is Cc1ncccc1-c1nnnn1CC(CC(C)C)C(=O)O. The van der Waals surface area contributed by atoms with E-state index in [-0.39, 0.29) is 6.54 Å². The molecule has 0 saturated heterocycles. The van der Waals surface area contributed by atoms with Gasteiger partial charge in [-0.05, 0) is 41.8 Å². The average Bonchev–Trinajstić information content (AvgIpc) is 2.86. The summed E-state index contributed by atoms with van der Waals surface area (Å²) in [4.78, 5) is 15.6. The first-order valence-corrected chi connectivity index (χ1v) is 6.90. The van der Waals surface area contributed by atoms with Crippen molar-refractivity contribution in [2.75, 3.05) is 0 Å². The molecule has 21 heavy (non-hydrogen) atoms. The second-order valence-electron chi connectivity index (χ2n) is 5.49. The van der Waals surface area contributed by atoms with E-state index in [2.05, 4.69) is 20.5 Å². The van der Waals surface area contributed by atoms with Gasteiger partial charge in [-0.1, -0.05) is 13.8 Å². The molecule has 0 saturated carbocycles. The largest absolute Gasteiger partial charge is 0.481 e. The van der Waals surface area contributed by atoms with Gasteiger partial charge in [0.15, 0.2) is 5.82 Å². The van der Waals surface area contributed by atoms with E-state index in [1.54, 1.807) is 10.9 Å². The highest BCUT2D eigenvalue weighted by Crippen LogP contribution is 2.21. The molecule has 0 aliphatic heterocycles. The molecule has 0 bridgehead atoms. The zero-order valence-corrected chi connectivity index (χ0v) is 12.4. The van der Waals surface area contributed by atoms with E-state index in [1.165, 1.54) is 0 Å². The summed E-state index contributed by atoms with van der Waals surface area (Å²) in [6.45, 7) is 6.13. The third-order valence-electron chi connectivity index (χ3n) is 3.28. The lowest BCUT2D eigenvalue weighted by Gasteiger charge is -2.15. The Hall–Kier alpha value is -2.31. The Labute approximate surface area is 123 Å². The second kappa shape index (κ2) is 6.43. The number of tetrazole rings is 1. The van der Waals surface area contributed by atoms with Crippen LogP contribution in [0.2, 0.25) is 0 Å². The lowest BCUT2D eigenvalue weighted by molar-refractivity contribution is -0.142. The molecule has 112 valence electrons. The van der Waals surface area contributed by atoms with Crippen LogP contribution in [0, 0.1) is 18.8 Å². The maximum absolute atomic E-state index is 11.4. The Bertz CT molecular complexity index is 623. The van der Waals surface area contributed by atoms with Gasteiger partial charge in [0.25, 0.3) is 0 Å². The van der Waals surface area contributed by atoms with Gasteiger partial charge < -0.3 is 5.11 Å². The standard InChI is InChI=1S/C14H19N5O2/c1-9(2)7-11(14(20)21)8-19-13(16-17-18-19)12-5-4-6-15-10(12)3/h4-6,9,11H,7-8H2,1-3H3,(H,20,21). The molecule has 1 unspecified atom stereocenters. The molecular formula is C14H19N5O2. The van der Waals surface area contributed by atoms with Gasteiger partial charge in [-0.15, -0.1) is 5.10 Å². The maximum atomic E-state index is 11.4. The van der Waals surface area contributed by atoms with E-state index < -0.39 is 11.9 Å². The molecule has 0 fully saturated rings. The Morgan fingerprint density at radius 1 is 1.43 bits per heavy atom. The van der Waals surface area contributed by atoms with Crippen LogP contribution in [0.15, 0.2) is 18.3 Å². The number of aromatic nitrogens is 5. The highest BCUT2D eigenvalue weighted by molar-refractivity contribution is 5.70. The molecule has 0 spiro atoms. The minimum absolute atomic E-state index is 0.254. The fourth-order valence-electron chi connectivity index (χ4n) is 2.27. The van der Waals surface area contributed by atoms with Crippen molar-refractivity contribution in [3.63, 3.8) is 0 Å². The molecule has 0 aliphatic rings. The summed E-state index contributed by atoms with van der Waals surface area (Å²) in [6.07, 6.45) is 2.28. The normalized spacial score (nSPS) is 12.6. The van der Waals surface area contributed by atoms with Crippen molar-refractivity contribution in [2.45, 2.75) is 33.7 Å². The van der Waals surface area contributed by atoms with E-state index in [0.29, 0.717) is 18.2 Å². The third-order valence-corrected chi connectivity index (χ3v) is 3.28. The van der Waals surface area contributed by atoms with Crippen LogP contribution in [0.1, 0.15) is 26.0 Å². The number of carbonyl (C=O) groups is 1. The van der Waals surface area contributed by atoms with E-state index >= 15 is 0 Å². The Morgan fingerprint density at radius 2 is 2.19 bits per heavy atom. The van der Waals surface area contributed by atoms with Gasteiger partial charge in [-0.2, -0.15) is 0 Å². The molecule has 0 aliphatic carbocycles. The quantitative estimate of drug-likeness (QED) is 0.871. The summed E-state index contributed by atoms with van der Waals surface area (Å²) in [5.74, 6) is -0.487. The predicted molar refractivity (Wildman–Crippen MR) is 76.4 cm³/mol. The van der Waals surface area contributed by atoms with Gasteiger partial charge in [0.2, 0.25) is 0 Å². The van der Waals surface area contributed by atoms with Crippen LogP contribution in [0.4, 0.5) is 0 Å². The molecule has 7 heteroatoms. The fourth-order valence-corrected chi connectivity index (χ4v) is 2.27. The highest BCUT2D eigenvalue weighted by atomic mass is 16.4.